The zero-order chi connectivity index (χ0) is 10.7. The van der Waals surface area contributed by atoms with Crippen molar-refractivity contribution in [3.63, 3.8) is 0 Å². The summed E-state index contributed by atoms with van der Waals surface area (Å²) in [4.78, 5) is 16.6. The lowest BCUT2D eigenvalue weighted by atomic mass is 10.2. The van der Waals surface area contributed by atoms with Crippen molar-refractivity contribution in [3.05, 3.63) is 35.9 Å². The molecule has 2 heterocycles. The standard InChI is InChI=1S/C10H11N5/c1-7-8(5-11)6-14-10(15-7)9-12-3-2-4-13-9/h2-4,6H,5,11H2,1H3. The number of hydrogen-bond donors (Lipinski definition) is 1. The number of aryl methyl sites for hydroxylation is 1. The number of nitrogens with zero attached hydrogens (tertiary/aromatic N) is 4. The lowest BCUT2D eigenvalue weighted by Crippen LogP contribution is -2.04. The van der Waals surface area contributed by atoms with Crippen LogP contribution in [-0.2, 0) is 6.54 Å². The Labute approximate surface area is 87.4 Å². The molecule has 0 fully saturated rings. The minimum atomic E-state index is 0.446. The first-order chi connectivity index (χ1) is 7.31. The summed E-state index contributed by atoms with van der Waals surface area (Å²) < 4.78 is 0. The SMILES string of the molecule is Cc1nc(-c2ncccn2)ncc1CN. The Morgan fingerprint density at radius 1 is 1.13 bits per heavy atom. The van der Waals surface area contributed by atoms with Gasteiger partial charge in [-0.2, -0.15) is 0 Å². The first-order valence-corrected chi connectivity index (χ1v) is 4.61. The number of rotatable bonds is 2. The van der Waals surface area contributed by atoms with Gasteiger partial charge in [-0.3, -0.25) is 0 Å². The summed E-state index contributed by atoms with van der Waals surface area (Å²) in [7, 11) is 0. The zero-order valence-electron chi connectivity index (χ0n) is 8.38. The zero-order valence-corrected chi connectivity index (χ0v) is 8.38. The van der Waals surface area contributed by atoms with E-state index in [4.69, 9.17) is 5.73 Å². The summed E-state index contributed by atoms with van der Waals surface area (Å²) in [6.45, 7) is 2.35. The molecule has 0 unspecified atom stereocenters. The first-order valence-electron chi connectivity index (χ1n) is 4.61. The molecule has 2 aromatic rings. The van der Waals surface area contributed by atoms with Crippen molar-refractivity contribution in [1.29, 1.82) is 0 Å². The summed E-state index contributed by atoms with van der Waals surface area (Å²) in [5, 5.41) is 0. The molecule has 0 spiro atoms. The summed E-state index contributed by atoms with van der Waals surface area (Å²) >= 11 is 0. The number of nitrogens with two attached hydrogens (primary N) is 1. The molecule has 0 saturated heterocycles. The number of hydrogen-bond acceptors (Lipinski definition) is 5. The van der Waals surface area contributed by atoms with Gasteiger partial charge in [0, 0.05) is 36.4 Å². The molecule has 5 heteroatoms. The maximum absolute atomic E-state index is 5.53. The monoisotopic (exact) mass is 201 g/mol. The summed E-state index contributed by atoms with van der Waals surface area (Å²) in [6.07, 6.45) is 5.05. The van der Waals surface area contributed by atoms with Crippen LogP contribution in [0.3, 0.4) is 0 Å². The molecule has 0 aromatic carbocycles. The first kappa shape index (κ1) is 9.67. The van der Waals surface area contributed by atoms with E-state index in [0.29, 0.717) is 18.2 Å². The van der Waals surface area contributed by atoms with Crippen molar-refractivity contribution in [1.82, 2.24) is 19.9 Å². The topological polar surface area (TPSA) is 77.6 Å². The lowest BCUT2D eigenvalue weighted by Gasteiger charge is -2.03. The Morgan fingerprint density at radius 3 is 2.47 bits per heavy atom. The van der Waals surface area contributed by atoms with Gasteiger partial charge in [-0.25, -0.2) is 19.9 Å². The van der Waals surface area contributed by atoms with E-state index < -0.39 is 0 Å². The molecule has 0 bridgehead atoms. The van der Waals surface area contributed by atoms with Crippen LogP contribution in [0.5, 0.6) is 0 Å². The van der Waals surface area contributed by atoms with Gasteiger partial charge in [0.2, 0.25) is 0 Å². The van der Waals surface area contributed by atoms with Crippen LogP contribution >= 0.6 is 0 Å². The third-order valence-electron chi connectivity index (χ3n) is 2.07. The molecular formula is C10H11N5. The van der Waals surface area contributed by atoms with Crippen molar-refractivity contribution < 1.29 is 0 Å². The van der Waals surface area contributed by atoms with Crippen molar-refractivity contribution >= 4 is 0 Å². The van der Waals surface area contributed by atoms with Crippen LogP contribution in [0.15, 0.2) is 24.7 Å². The predicted octanol–water partition coefficient (Wildman–Crippen LogP) is 0.701. The Balaban J connectivity index is 2.43. The summed E-state index contributed by atoms with van der Waals surface area (Å²) in [5.74, 6) is 1.06. The minimum Gasteiger partial charge on any atom is -0.326 e. The second kappa shape index (κ2) is 4.10. The van der Waals surface area contributed by atoms with Gasteiger partial charge < -0.3 is 5.73 Å². The molecule has 76 valence electrons. The van der Waals surface area contributed by atoms with Crippen molar-refractivity contribution in [3.8, 4) is 11.6 Å². The van der Waals surface area contributed by atoms with E-state index in [1.165, 1.54) is 0 Å². The molecule has 5 nitrogen and oxygen atoms in total. The van der Waals surface area contributed by atoms with E-state index in [1.807, 2.05) is 6.92 Å². The van der Waals surface area contributed by atoms with E-state index in [0.717, 1.165) is 11.3 Å². The second-order valence-electron chi connectivity index (χ2n) is 3.08. The Bertz CT molecular complexity index is 455. The highest BCUT2D eigenvalue weighted by Gasteiger charge is 2.05. The van der Waals surface area contributed by atoms with Crippen LogP contribution in [-0.4, -0.2) is 19.9 Å². The largest absolute Gasteiger partial charge is 0.326 e. The number of aromatic nitrogens is 4. The molecular weight excluding hydrogens is 190 g/mol. The summed E-state index contributed by atoms with van der Waals surface area (Å²) in [6, 6.07) is 1.75. The van der Waals surface area contributed by atoms with Gasteiger partial charge in [-0.1, -0.05) is 0 Å². The average Bonchev–Trinajstić information content (AvgIpc) is 2.30. The van der Waals surface area contributed by atoms with Gasteiger partial charge in [-0.05, 0) is 13.0 Å². The fourth-order valence-electron chi connectivity index (χ4n) is 1.21. The third-order valence-corrected chi connectivity index (χ3v) is 2.07. The van der Waals surface area contributed by atoms with Gasteiger partial charge in [0.15, 0.2) is 11.6 Å². The van der Waals surface area contributed by atoms with Gasteiger partial charge in [-0.15, -0.1) is 0 Å². The molecule has 2 aromatic heterocycles. The van der Waals surface area contributed by atoms with E-state index in [-0.39, 0.29) is 0 Å². The van der Waals surface area contributed by atoms with E-state index in [9.17, 15) is 0 Å². The summed E-state index contributed by atoms with van der Waals surface area (Å²) in [5.41, 5.74) is 7.34. The smallest absolute Gasteiger partial charge is 0.197 e. The Morgan fingerprint density at radius 2 is 1.87 bits per heavy atom. The average molecular weight is 201 g/mol. The van der Waals surface area contributed by atoms with Crippen LogP contribution in [0.25, 0.3) is 11.6 Å². The normalized spacial score (nSPS) is 10.3. The van der Waals surface area contributed by atoms with E-state index in [2.05, 4.69) is 19.9 Å². The van der Waals surface area contributed by atoms with Crippen LogP contribution in [0.4, 0.5) is 0 Å². The Kier molecular flexibility index (Phi) is 2.64. The van der Waals surface area contributed by atoms with E-state index >= 15 is 0 Å². The second-order valence-corrected chi connectivity index (χ2v) is 3.08. The van der Waals surface area contributed by atoms with Crippen molar-refractivity contribution in [2.24, 2.45) is 5.73 Å². The van der Waals surface area contributed by atoms with Crippen molar-refractivity contribution in [2.45, 2.75) is 13.5 Å². The molecule has 2 rings (SSSR count). The third kappa shape index (κ3) is 1.97. The quantitative estimate of drug-likeness (QED) is 0.773. The Hall–Kier alpha value is -1.88. The van der Waals surface area contributed by atoms with E-state index in [1.54, 1.807) is 24.7 Å². The van der Waals surface area contributed by atoms with Gasteiger partial charge in [0.25, 0.3) is 0 Å². The fourth-order valence-corrected chi connectivity index (χ4v) is 1.21. The molecule has 0 aliphatic carbocycles. The highest BCUT2D eigenvalue weighted by molar-refractivity contribution is 5.42. The van der Waals surface area contributed by atoms with Crippen LogP contribution < -0.4 is 5.73 Å². The van der Waals surface area contributed by atoms with Gasteiger partial charge in [0.1, 0.15) is 0 Å². The van der Waals surface area contributed by atoms with Crippen LogP contribution in [0.1, 0.15) is 11.3 Å². The highest BCUT2D eigenvalue weighted by Crippen LogP contribution is 2.10. The minimum absolute atomic E-state index is 0.446. The maximum atomic E-state index is 5.53. The highest BCUT2D eigenvalue weighted by atomic mass is 15.0. The molecule has 0 radical (unpaired) electrons. The lowest BCUT2D eigenvalue weighted by molar-refractivity contribution is 0.959. The molecule has 0 aliphatic heterocycles. The maximum Gasteiger partial charge on any atom is 0.197 e. The molecule has 0 atom stereocenters. The van der Waals surface area contributed by atoms with Crippen LogP contribution in [0, 0.1) is 6.92 Å². The van der Waals surface area contributed by atoms with Gasteiger partial charge >= 0.3 is 0 Å². The molecule has 15 heavy (non-hydrogen) atoms. The molecule has 2 N–H and O–H groups in total. The molecule has 0 aliphatic rings. The molecule has 0 saturated carbocycles. The van der Waals surface area contributed by atoms with Gasteiger partial charge in [0.05, 0.1) is 0 Å². The predicted molar refractivity (Wildman–Crippen MR) is 55.7 cm³/mol. The molecule has 0 amide bonds. The van der Waals surface area contributed by atoms with Crippen LogP contribution in [0.2, 0.25) is 0 Å². The fraction of sp³-hybridized carbons (Fsp3) is 0.200. The van der Waals surface area contributed by atoms with Crippen molar-refractivity contribution in [2.75, 3.05) is 0 Å².